The maximum Gasteiger partial charge on any atom is 0.323 e. The highest BCUT2D eigenvalue weighted by Crippen LogP contribution is 2.26. The molecule has 4 nitrogen and oxygen atoms in total. The van der Waals surface area contributed by atoms with E-state index in [1.807, 2.05) is 6.07 Å². The molecule has 0 saturated carbocycles. The summed E-state index contributed by atoms with van der Waals surface area (Å²) in [7, 11) is 0. The van der Waals surface area contributed by atoms with Gasteiger partial charge in [0.25, 0.3) is 0 Å². The SMILES string of the molecule is O=C(O)Cn1c(-c2ccccc2)nc2cc(F)c(F)cc21. The molecule has 2 aromatic carbocycles. The van der Waals surface area contributed by atoms with Crippen molar-refractivity contribution in [1.82, 2.24) is 9.55 Å². The normalized spacial score (nSPS) is 11.0. The molecule has 0 aliphatic rings. The van der Waals surface area contributed by atoms with E-state index in [9.17, 15) is 13.6 Å². The number of aliphatic carboxylic acids is 1. The molecular formula is C15H10F2N2O2. The van der Waals surface area contributed by atoms with Crippen LogP contribution in [0.3, 0.4) is 0 Å². The number of carboxylic acids is 1. The third-order valence-corrected chi connectivity index (χ3v) is 3.12. The van der Waals surface area contributed by atoms with Crippen LogP contribution in [0, 0.1) is 11.6 Å². The first-order chi connectivity index (χ1) is 10.1. The second-order valence-corrected chi connectivity index (χ2v) is 4.54. The molecule has 0 saturated heterocycles. The summed E-state index contributed by atoms with van der Waals surface area (Å²) in [6, 6.07) is 10.8. The maximum atomic E-state index is 13.4. The Bertz CT molecular complexity index is 829. The zero-order chi connectivity index (χ0) is 15.0. The van der Waals surface area contributed by atoms with Gasteiger partial charge in [-0.25, -0.2) is 13.8 Å². The van der Waals surface area contributed by atoms with Crippen molar-refractivity contribution in [3.63, 3.8) is 0 Å². The van der Waals surface area contributed by atoms with Gasteiger partial charge in [-0.05, 0) is 0 Å². The van der Waals surface area contributed by atoms with Crippen LogP contribution in [0.2, 0.25) is 0 Å². The van der Waals surface area contributed by atoms with Crippen LogP contribution in [0.5, 0.6) is 0 Å². The summed E-state index contributed by atoms with van der Waals surface area (Å²) < 4.78 is 28.1. The van der Waals surface area contributed by atoms with Gasteiger partial charge in [0.15, 0.2) is 11.6 Å². The fourth-order valence-corrected chi connectivity index (χ4v) is 2.22. The molecular weight excluding hydrogens is 278 g/mol. The molecule has 0 aliphatic heterocycles. The summed E-state index contributed by atoms with van der Waals surface area (Å²) in [6.45, 7) is -0.383. The highest BCUT2D eigenvalue weighted by atomic mass is 19.2. The van der Waals surface area contributed by atoms with Crippen molar-refractivity contribution in [2.45, 2.75) is 6.54 Å². The third-order valence-electron chi connectivity index (χ3n) is 3.12. The quantitative estimate of drug-likeness (QED) is 0.806. The lowest BCUT2D eigenvalue weighted by Crippen LogP contribution is -2.10. The average molecular weight is 288 g/mol. The number of fused-ring (bicyclic) bond motifs is 1. The number of nitrogens with zero attached hydrogens (tertiary/aromatic N) is 2. The highest BCUT2D eigenvalue weighted by molar-refractivity contribution is 5.83. The minimum Gasteiger partial charge on any atom is -0.480 e. The molecule has 0 radical (unpaired) electrons. The first kappa shape index (κ1) is 13.2. The minimum absolute atomic E-state index is 0.217. The van der Waals surface area contributed by atoms with Gasteiger partial charge >= 0.3 is 5.97 Å². The van der Waals surface area contributed by atoms with E-state index in [4.69, 9.17) is 5.11 Å². The molecule has 106 valence electrons. The van der Waals surface area contributed by atoms with Crippen LogP contribution >= 0.6 is 0 Å². The summed E-state index contributed by atoms with van der Waals surface area (Å²) in [5, 5.41) is 9.02. The van der Waals surface area contributed by atoms with Crippen molar-refractivity contribution in [2.75, 3.05) is 0 Å². The standard InChI is InChI=1S/C15H10F2N2O2/c16-10-6-12-13(7-11(10)17)19(8-14(20)21)15(18-12)9-4-2-1-3-5-9/h1-7H,8H2,(H,20,21). The van der Waals surface area contributed by atoms with Crippen LogP contribution < -0.4 is 0 Å². The maximum absolute atomic E-state index is 13.4. The number of imidazole rings is 1. The fraction of sp³-hybridized carbons (Fsp3) is 0.0667. The van der Waals surface area contributed by atoms with E-state index in [2.05, 4.69) is 4.98 Å². The zero-order valence-corrected chi connectivity index (χ0v) is 10.8. The molecule has 1 heterocycles. The first-order valence-corrected chi connectivity index (χ1v) is 6.19. The molecule has 0 fully saturated rings. The summed E-state index contributed by atoms with van der Waals surface area (Å²) in [5.41, 5.74) is 1.14. The molecule has 0 unspecified atom stereocenters. The van der Waals surface area contributed by atoms with Crippen LogP contribution in [0.15, 0.2) is 42.5 Å². The van der Waals surface area contributed by atoms with Crippen molar-refractivity contribution >= 4 is 17.0 Å². The van der Waals surface area contributed by atoms with Crippen molar-refractivity contribution in [1.29, 1.82) is 0 Å². The molecule has 1 N–H and O–H groups in total. The van der Waals surface area contributed by atoms with Crippen molar-refractivity contribution in [3.8, 4) is 11.4 Å². The largest absolute Gasteiger partial charge is 0.480 e. The summed E-state index contributed by atoms with van der Waals surface area (Å²) >= 11 is 0. The van der Waals surface area contributed by atoms with Crippen LogP contribution in [0.1, 0.15) is 0 Å². The smallest absolute Gasteiger partial charge is 0.323 e. The predicted octanol–water partition coefficient (Wildman–Crippen LogP) is 3.07. The first-order valence-electron chi connectivity index (χ1n) is 6.19. The van der Waals surface area contributed by atoms with Crippen LogP contribution in [0.25, 0.3) is 22.4 Å². The molecule has 0 atom stereocenters. The number of benzene rings is 2. The van der Waals surface area contributed by atoms with Gasteiger partial charge < -0.3 is 9.67 Å². The van der Waals surface area contributed by atoms with E-state index in [0.717, 1.165) is 12.1 Å². The van der Waals surface area contributed by atoms with Gasteiger partial charge in [-0.3, -0.25) is 4.79 Å². The Balaban J connectivity index is 2.30. The molecule has 3 aromatic rings. The zero-order valence-electron chi connectivity index (χ0n) is 10.8. The van der Waals surface area contributed by atoms with Gasteiger partial charge in [0, 0.05) is 17.7 Å². The Morgan fingerprint density at radius 2 is 1.81 bits per heavy atom. The van der Waals surface area contributed by atoms with E-state index in [0.29, 0.717) is 11.4 Å². The van der Waals surface area contributed by atoms with E-state index >= 15 is 0 Å². The Kier molecular flexibility index (Phi) is 3.13. The molecule has 0 bridgehead atoms. The van der Waals surface area contributed by atoms with Gasteiger partial charge in [-0.15, -0.1) is 0 Å². The number of aromatic nitrogens is 2. The third kappa shape index (κ3) is 2.35. The van der Waals surface area contributed by atoms with Gasteiger partial charge in [-0.1, -0.05) is 30.3 Å². The predicted molar refractivity (Wildman–Crippen MR) is 72.7 cm³/mol. The van der Waals surface area contributed by atoms with Crippen LogP contribution in [0.4, 0.5) is 8.78 Å². The second-order valence-electron chi connectivity index (χ2n) is 4.54. The van der Waals surface area contributed by atoms with Crippen molar-refractivity contribution < 1.29 is 18.7 Å². The summed E-state index contributed by atoms with van der Waals surface area (Å²) in [6.07, 6.45) is 0. The monoisotopic (exact) mass is 288 g/mol. The lowest BCUT2D eigenvalue weighted by molar-refractivity contribution is -0.137. The number of halogens is 2. The number of carbonyl (C=O) groups is 1. The minimum atomic E-state index is -1.09. The van der Waals surface area contributed by atoms with Gasteiger partial charge in [-0.2, -0.15) is 0 Å². The Morgan fingerprint density at radius 3 is 2.48 bits per heavy atom. The molecule has 3 rings (SSSR count). The van der Waals surface area contributed by atoms with Crippen molar-refractivity contribution in [3.05, 3.63) is 54.1 Å². The molecule has 6 heteroatoms. The van der Waals surface area contributed by atoms with Gasteiger partial charge in [0.2, 0.25) is 0 Å². The molecule has 21 heavy (non-hydrogen) atoms. The van der Waals surface area contributed by atoms with E-state index in [-0.39, 0.29) is 17.6 Å². The van der Waals surface area contributed by atoms with Crippen molar-refractivity contribution in [2.24, 2.45) is 0 Å². The Labute approximate surface area is 118 Å². The Hall–Kier alpha value is -2.76. The van der Waals surface area contributed by atoms with Crippen LogP contribution in [-0.4, -0.2) is 20.6 Å². The number of hydrogen-bond donors (Lipinski definition) is 1. The van der Waals surface area contributed by atoms with E-state index < -0.39 is 17.6 Å². The lowest BCUT2D eigenvalue weighted by atomic mass is 10.2. The summed E-state index contributed by atoms with van der Waals surface area (Å²) in [5.74, 6) is -2.77. The lowest BCUT2D eigenvalue weighted by Gasteiger charge is -2.06. The number of rotatable bonds is 3. The second kappa shape index (κ2) is 4.97. The van der Waals surface area contributed by atoms with Gasteiger partial charge in [0.05, 0.1) is 11.0 Å². The topological polar surface area (TPSA) is 55.1 Å². The van der Waals surface area contributed by atoms with E-state index in [1.54, 1.807) is 24.3 Å². The highest BCUT2D eigenvalue weighted by Gasteiger charge is 2.17. The molecule has 0 amide bonds. The average Bonchev–Trinajstić information content (AvgIpc) is 2.78. The fourth-order valence-electron chi connectivity index (χ4n) is 2.22. The molecule has 0 aliphatic carbocycles. The van der Waals surface area contributed by atoms with Crippen LogP contribution in [-0.2, 0) is 11.3 Å². The van der Waals surface area contributed by atoms with E-state index in [1.165, 1.54) is 4.57 Å². The number of hydrogen-bond acceptors (Lipinski definition) is 2. The Morgan fingerprint density at radius 1 is 1.14 bits per heavy atom. The molecule has 0 spiro atoms. The van der Waals surface area contributed by atoms with Gasteiger partial charge in [0.1, 0.15) is 12.4 Å². The molecule has 1 aromatic heterocycles. The number of carboxylic acid groups (broad SMARTS) is 1. The summed E-state index contributed by atoms with van der Waals surface area (Å²) in [4.78, 5) is 15.3.